The summed E-state index contributed by atoms with van der Waals surface area (Å²) >= 11 is 0. The molecule has 78 valence electrons. The van der Waals surface area contributed by atoms with E-state index in [-0.39, 0.29) is 0 Å². The maximum Gasteiger partial charge on any atom is 0.0348 e. The van der Waals surface area contributed by atoms with Crippen LogP contribution in [0.15, 0.2) is 0 Å². The lowest BCUT2D eigenvalue weighted by atomic mass is 9.96. The van der Waals surface area contributed by atoms with Gasteiger partial charge in [-0.05, 0) is 19.4 Å². The van der Waals surface area contributed by atoms with Gasteiger partial charge in [-0.3, -0.25) is 4.90 Å². The summed E-state index contributed by atoms with van der Waals surface area (Å²) in [5.41, 5.74) is 0. The first-order chi connectivity index (χ1) is 6.20. The predicted octanol–water partition coefficient (Wildman–Crippen LogP) is 1.71. The zero-order valence-corrected chi connectivity index (χ0v) is 9.51. The van der Waals surface area contributed by atoms with Crippen LogP contribution in [0.5, 0.6) is 0 Å². The van der Waals surface area contributed by atoms with Crippen molar-refractivity contribution in [2.75, 3.05) is 19.6 Å². The molecule has 1 fully saturated rings. The van der Waals surface area contributed by atoms with Gasteiger partial charge in [0.2, 0.25) is 0 Å². The molecule has 0 amide bonds. The molecule has 1 aliphatic rings. The molecular formula is C11H24N2. The molecule has 1 N–H and O–H groups in total. The standard InChI is InChI=1S/C11H24N2/c1-5-9(3)10(4)13(6-2)11-7-12-8-11/h9-12H,5-8H2,1-4H3. The van der Waals surface area contributed by atoms with E-state index in [1.54, 1.807) is 0 Å². The molecule has 2 heteroatoms. The SMILES string of the molecule is CCC(C)C(C)N(CC)C1CNC1. The topological polar surface area (TPSA) is 15.3 Å². The van der Waals surface area contributed by atoms with E-state index in [0.717, 1.165) is 18.0 Å². The lowest BCUT2D eigenvalue weighted by Crippen LogP contribution is -2.60. The van der Waals surface area contributed by atoms with Crippen molar-refractivity contribution in [1.29, 1.82) is 0 Å². The molecule has 0 bridgehead atoms. The fraction of sp³-hybridized carbons (Fsp3) is 1.00. The van der Waals surface area contributed by atoms with E-state index in [1.165, 1.54) is 26.1 Å². The minimum absolute atomic E-state index is 0.738. The van der Waals surface area contributed by atoms with Gasteiger partial charge in [0.1, 0.15) is 0 Å². The number of likely N-dealkylation sites (N-methyl/N-ethyl adjacent to an activating group) is 1. The molecule has 0 aromatic carbocycles. The number of nitrogens with zero attached hydrogens (tertiary/aromatic N) is 1. The van der Waals surface area contributed by atoms with Crippen LogP contribution in [0.25, 0.3) is 0 Å². The molecule has 1 saturated heterocycles. The minimum Gasteiger partial charge on any atom is -0.314 e. The van der Waals surface area contributed by atoms with E-state index in [0.29, 0.717) is 0 Å². The minimum atomic E-state index is 0.738. The van der Waals surface area contributed by atoms with Gasteiger partial charge in [0.15, 0.2) is 0 Å². The van der Waals surface area contributed by atoms with Crippen molar-refractivity contribution in [2.24, 2.45) is 5.92 Å². The van der Waals surface area contributed by atoms with Gasteiger partial charge in [-0.1, -0.05) is 27.2 Å². The average molecular weight is 184 g/mol. The quantitative estimate of drug-likeness (QED) is 0.700. The van der Waals surface area contributed by atoms with Crippen LogP contribution < -0.4 is 5.32 Å². The van der Waals surface area contributed by atoms with Crippen molar-refractivity contribution in [3.63, 3.8) is 0 Å². The molecule has 1 rings (SSSR count). The van der Waals surface area contributed by atoms with E-state index >= 15 is 0 Å². The fourth-order valence-electron chi connectivity index (χ4n) is 2.05. The molecule has 2 nitrogen and oxygen atoms in total. The zero-order valence-electron chi connectivity index (χ0n) is 9.51. The Labute approximate surface area is 82.7 Å². The first kappa shape index (κ1) is 11.0. The van der Waals surface area contributed by atoms with Crippen LogP contribution in [0.3, 0.4) is 0 Å². The van der Waals surface area contributed by atoms with Gasteiger partial charge >= 0.3 is 0 Å². The molecule has 0 aliphatic carbocycles. The van der Waals surface area contributed by atoms with Crippen molar-refractivity contribution in [3.05, 3.63) is 0 Å². The van der Waals surface area contributed by atoms with Crippen LogP contribution in [-0.2, 0) is 0 Å². The Kier molecular flexibility index (Phi) is 4.20. The van der Waals surface area contributed by atoms with Crippen LogP contribution in [0, 0.1) is 5.92 Å². The molecule has 0 radical (unpaired) electrons. The third-order valence-corrected chi connectivity index (χ3v) is 3.58. The van der Waals surface area contributed by atoms with E-state index in [2.05, 4.69) is 37.9 Å². The van der Waals surface area contributed by atoms with Crippen LogP contribution in [0.1, 0.15) is 34.1 Å². The third-order valence-electron chi connectivity index (χ3n) is 3.58. The Morgan fingerprint density at radius 2 is 1.92 bits per heavy atom. The highest BCUT2D eigenvalue weighted by Crippen LogP contribution is 2.18. The van der Waals surface area contributed by atoms with Crippen molar-refractivity contribution in [1.82, 2.24) is 10.2 Å². The molecule has 1 heterocycles. The molecule has 0 spiro atoms. The van der Waals surface area contributed by atoms with E-state index < -0.39 is 0 Å². The number of nitrogens with one attached hydrogen (secondary N) is 1. The summed E-state index contributed by atoms with van der Waals surface area (Å²) in [6, 6.07) is 1.54. The Balaban J connectivity index is 2.43. The van der Waals surface area contributed by atoms with E-state index in [9.17, 15) is 0 Å². The second kappa shape index (κ2) is 4.97. The first-order valence-electron chi connectivity index (χ1n) is 5.67. The maximum atomic E-state index is 3.35. The number of rotatable bonds is 5. The molecular weight excluding hydrogens is 160 g/mol. The zero-order chi connectivity index (χ0) is 9.84. The third kappa shape index (κ3) is 2.44. The Morgan fingerprint density at radius 3 is 2.23 bits per heavy atom. The van der Waals surface area contributed by atoms with Crippen LogP contribution >= 0.6 is 0 Å². The van der Waals surface area contributed by atoms with Crippen molar-refractivity contribution in [2.45, 2.75) is 46.2 Å². The predicted molar refractivity (Wildman–Crippen MR) is 58.0 cm³/mol. The first-order valence-corrected chi connectivity index (χ1v) is 5.67. The Bertz CT molecular complexity index is 143. The summed E-state index contributed by atoms with van der Waals surface area (Å²) in [5, 5.41) is 3.35. The molecule has 0 aromatic heterocycles. The second-order valence-corrected chi connectivity index (χ2v) is 4.27. The van der Waals surface area contributed by atoms with E-state index in [1.807, 2.05) is 0 Å². The largest absolute Gasteiger partial charge is 0.314 e. The number of hydrogen-bond acceptors (Lipinski definition) is 2. The van der Waals surface area contributed by atoms with Gasteiger partial charge in [0.25, 0.3) is 0 Å². The normalized spacial score (nSPS) is 22.8. The highest BCUT2D eigenvalue weighted by molar-refractivity contribution is 4.87. The lowest BCUT2D eigenvalue weighted by molar-refractivity contribution is 0.0802. The van der Waals surface area contributed by atoms with Crippen LogP contribution in [0.4, 0.5) is 0 Å². The molecule has 2 unspecified atom stereocenters. The van der Waals surface area contributed by atoms with Gasteiger partial charge in [-0.25, -0.2) is 0 Å². The lowest BCUT2D eigenvalue weighted by Gasteiger charge is -2.43. The van der Waals surface area contributed by atoms with Gasteiger partial charge < -0.3 is 5.32 Å². The highest BCUT2D eigenvalue weighted by atomic mass is 15.2. The Hall–Kier alpha value is -0.0800. The van der Waals surface area contributed by atoms with Gasteiger partial charge in [-0.15, -0.1) is 0 Å². The van der Waals surface area contributed by atoms with Gasteiger partial charge in [0.05, 0.1) is 0 Å². The van der Waals surface area contributed by atoms with Crippen molar-refractivity contribution >= 4 is 0 Å². The summed E-state index contributed by atoms with van der Waals surface area (Å²) in [6.45, 7) is 12.9. The van der Waals surface area contributed by atoms with Crippen LogP contribution in [0.2, 0.25) is 0 Å². The summed E-state index contributed by atoms with van der Waals surface area (Å²) in [4.78, 5) is 2.64. The van der Waals surface area contributed by atoms with Crippen LogP contribution in [-0.4, -0.2) is 36.6 Å². The van der Waals surface area contributed by atoms with Crippen molar-refractivity contribution < 1.29 is 0 Å². The molecule has 0 aromatic rings. The highest BCUT2D eigenvalue weighted by Gasteiger charge is 2.28. The molecule has 2 atom stereocenters. The Morgan fingerprint density at radius 1 is 1.31 bits per heavy atom. The van der Waals surface area contributed by atoms with Crippen molar-refractivity contribution in [3.8, 4) is 0 Å². The average Bonchev–Trinajstić information content (AvgIpc) is 2.08. The summed E-state index contributed by atoms with van der Waals surface area (Å²) in [6.07, 6.45) is 1.29. The molecule has 13 heavy (non-hydrogen) atoms. The molecule has 0 saturated carbocycles. The smallest absolute Gasteiger partial charge is 0.0348 e. The number of hydrogen-bond donors (Lipinski definition) is 1. The maximum absolute atomic E-state index is 3.35. The monoisotopic (exact) mass is 184 g/mol. The second-order valence-electron chi connectivity index (χ2n) is 4.27. The molecule has 1 aliphatic heterocycles. The van der Waals surface area contributed by atoms with Gasteiger partial charge in [0, 0.05) is 25.2 Å². The summed E-state index contributed by atoms with van der Waals surface area (Å²) < 4.78 is 0. The van der Waals surface area contributed by atoms with E-state index in [4.69, 9.17) is 0 Å². The summed E-state index contributed by atoms with van der Waals surface area (Å²) in [5.74, 6) is 0.820. The summed E-state index contributed by atoms with van der Waals surface area (Å²) in [7, 11) is 0. The fourth-order valence-corrected chi connectivity index (χ4v) is 2.05. The van der Waals surface area contributed by atoms with Gasteiger partial charge in [-0.2, -0.15) is 0 Å².